The Balaban J connectivity index is 1.66. The summed E-state index contributed by atoms with van der Waals surface area (Å²) in [4.78, 5) is 13.7. The quantitative estimate of drug-likeness (QED) is 0.550. The Bertz CT molecular complexity index is 1090. The van der Waals surface area contributed by atoms with Crippen molar-refractivity contribution in [1.82, 2.24) is 19.5 Å². The van der Waals surface area contributed by atoms with Gasteiger partial charge in [0, 0.05) is 5.69 Å². The molecule has 0 fully saturated rings. The highest BCUT2D eigenvalue weighted by atomic mass is 15.2. The summed E-state index contributed by atoms with van der Waals surface area (Å²) in [6, 6.07) is 16.5. The van der Waals surface area contributed by atoms with Crippen LogP contribution in [0.25, 0.3) is 16.9 Å². The average molecular weight is 357 g/mol. The van der Waals surface area contributed by atoms with Gasteiger partial charge in [-0.05, 0) is 42.2 Å². The number of fused-ring (bicyclic) bond motifs is 1. The second-order valence-electron chi connectivity index (χ2n) is 7.70. The summed E-state index contributed by atoms with van der Waals surface area (Å²) in [6.45, 7) is 8.61. The summed E-state index contributed by atoms with van der Waals surface area (Å²) in [6.07, 6.45) is 3.49. The van der Waals surface area contributed by atoms with Gasteiger partial charge in [0.2, 0.25) is 0 Å². The van der Waals surface area contributed by atoms with Crippen LogP contribution in [0.4, 0.5) is 11.5 Å². The lowest BCUT2D eigenvalue weighted by Crippen LogP contribution is -2.10. The number of nitrogens with zero attached hydrogens (tertiary/aromatic N) is 4. The Hall–Kier alpha value is -3.21. The maximum absolute atomic E-state index is 4.74. The summed E-state index contributed by atoms with van der Waals surface area (Å²) in [5, 5.41) is 3.35. The molecule has 0 bridgehead atoms. The molecule has 1 N–H and O–H groups in total. The van der Waals surface area contributed by atoms with Gasteiger partial charge in [0.25, 0.3) is 0 Å². The van der Waals surface area contributed by atoms with Gasteiger partial charge >= 0.3 is 0 Å². The first-order chi connectivity index (χ1) is 12.9. The third-order valence-electron chi connectivity index (χ3n) is 4.60. The molecule has 2 heterocycles. The van der Waals surface area contributed by atoms with E-state index in [1.165, 1.54) is 5.56 Å². The molecule has 5 heteroatoms. The van der Waals surface area contributed by atoms with Gasteiger partial charge in [-0.3, -0.25) is 9.55 Å². The predicted octanol–water partition coefficient (Wildman–Crippen LogP) is 5.17. The molecule has 27 heavy (non-hydrogen) atoms. The molecule has 4 rings (SSSR count). The van der Waals surface area contributed by atoms with E-state index < -0.39 is 0 Å². The zero-order chi connectivity index (χ0) is 19.0. The largest absolute Gasteiger partial charge is 0.339 e. The molecule has 2 aromatic heterocycles. The van der Waals surface area contributed by atoms with E-state index in [0.29, 0.717) is 5.82 Å². The summed E-state index contributed by atoms with van der Waals surface area (Å²) in [5.74, 6) is 2.34. The molecule has 0 spiro atoms. The molecule has 0 radical (unpaired) electrons. The van der Waals surface area contributed by atoms with Crippen molar-refractivity contribution in [1.29, 1.82) is 0 Å². The van der Waals surface area contributed by atoms with Gasteiger partial charge in [0.15, 0.2) is 11.6 Å². The lowest BCUT2D eigenvalue weighted by molar-refractivity contribution is 0.590. The fourth-order valence-corrected chi connectivity index (χ4v) is 3.16. The molecule has 4 aromatic rings. The van der Waals surface area contributed by atoms with E-state index in [0.717, 1.165) is 28.4 Å². The van der Waals surface area contributed by atoms with Crippen molar-refractivity contribution in [2.75, 3.05) is 5.32 Å². The van der Waals surface area contributed by atoms with Crippen LogP contribution in [-0.2, 0) is 5.41 Å². The normalized spacial score (nSPS) is 11.7. The first-order valence-corrected chi connectivity index (χ1v) is 9.06. The van der Waals surface area contributed by atoms with Crippen molar-refractivity contribution in [3.63, 3.8) is 0 Å². The van der Waals surface area contributed by atoms with Gasteiger partial charge in [0.05, 0.1) is 23.4 Å². The summed E-state index contributed by atoms with van der Waals surface area (Å²) >= 11 is 0. The van der Waals surface area contributed by atoms with E-state index in [4.69, 9.17) is 4.98 Å². The Labute approximate surface area is 159 Å². The summed E-state index contributed by atoms with van der Waals surface area (Å²) in [5.41, 5.74) is 4.40. The number of benzene rings is 2. The Morgan fingerprint density at radius 2 is 1.63 bits per heavy atom. The molecule has 0 aliphatic rings. The fraction of sp³-hybridized carbons (Fsp3) is 0.227. The molecule has 2 aromatic carbocycles. The van der Waals surface area contributed by atoms with Crippen molar-refractivity contribution in [3.05, 3.63) is 72.3 Å². The van der Waals surface area contributed by atoms with Crippen LogP contribution in [0.15, 0.2) is 60.9 Å². The van der Waals surface area contributed by atoms with Crippen LogP contribution in [0.3, 0.4) is 0 Å². The Morgan fingerprint density at radius 3 is 2.37 bits per heavy atom. The molecular formula is C22H23N5. The maximum atomic E-state index is 4.74. The minimum absolute atomic E-state index is 0.137. The predicted molar refractivity (Wildman–Crippen MR) is 110 cm³/mol. The Kier molecular flexibility index (Phi) is 4.15. The molecule has 0 saturated heterocycles. The molecule has 5 nitrogen and oxygen atoms in total. The van der Waals surface area contributed by atoms with E-state index in [1.807, 2.05) is 35.8 Å². The van der Waals surface area contributed by atoms with Gasteiger partial charge in [-0.15, -0.1) is 0 Å². The highest BCUT2D eigenvalue weighted by molar-refractivity contribution is 5.77. The van der Waals surface area contributed by atoms with Crippen LogP contribution in [0, 0.1) is 6.92 Å². The SMILES string of the molecule is Cc1nc2ccccc2n1-c1cncc(Nc2ccc(C(C)(C)C)cc2)n1. The number of aromatic nitrogens is 4. The number of para-hydroxylation sites is 2. The first-order valence-electron chi connectivity index (χ1n) is 9.06. The smallest absolute Gasteiger partial charge is 0.159 e. The second kappa shape index (κ2) is 6.50. The van der Waals surface area contributed by atoms with E-state index in [-0.39, 0.29) is 5.41 Å². The minimum atomic E-state index is 0.137. The number of rotatable bonds is 3. The zero-order valence-corrected chi connectivity index (χ0v) is 16.1. The molecule has 0 amide bonds. The number of anilines is 2. The van der Waals surface area contributed by atoms with Crippen molar-refractivity contribution >= 4 is 22.5 Å². The van der Waals surface area contributed by atoms with Crippen molar-refractivity contribution in [2.24, 2.45) is 0 Å². The summed E-state index contributed by atoms with van der Waals surface area (Å²) < 4.78 is 2.02. The molecular weight excluding hydrogens is 334 g/mol. The third-order valence-corrected chi connectivity index (χ3v) is 4.60. The number of hydrogen-bond donors (Lipinski definition) is 1. The number of nitrogens with one attached hydrogen (secondary N) is 1. The van der Waals surface area contributed by atoms with Crippen LogP contribution in [0.2, 0.25) is 0 Å². The molecule has 0 unspecified atom stereocenters. The van der Waals surface area contributed by atoms with Gasteiger partial charge in [0.1, 0.15) is 5.82 Å². The first kappa shape index (κ1) is 17.2. The lowest BCUT2D eigenvalue weighted by atomic mass is 9.87. The summed E-state index contributed by atoms with van der Waals surface area (Å²) in [7, 11) is 0. The second-order valence-corrected chi connectivity index (χ2v) is 7.70. The van der Waals surface area contributed by atoms with Gasteiger partial charge in [-0.1, -0.05) is 45.0 Å². The average Bonchev–Trinajstić information content (AvgIpc) is 2.97. The van der Waals surface area contributed by atoms with Crippen LogP contribution < -0.4 is 5.32 Å². The van der Waals surface area contributed by atoms with E-state index in [1.54, 1.807) is 12.4 Å². The van der Waals surface area contributed by atoms with Gasteiger partial charge in [-0.25, -0.2) is 9.97 Å². The van der Waals surface area contributed by atoms with Crippen LogP contribution in [-0.4, -0.2) is 19.5 Å². The molecule has 0 atom stereocenters. The molecule has 136 valence electrons. The zero-order valence-electron chi connectivity index (χ0n) is 16.1. The van der Waals surface area contributed by atoms with Crippen LogP contribution >= 0.6 is 0 Å². The van der Waals surface area contributed by atoms with Crippen molar-refractivity contribution < 1.29 is 0 Å². The van der Waals surface area contributed by atoms with Crippen LogP contribution in [0.1, 0.15) is 32.2 Å². The third kappa shape index (κ3) is 3.40. The number of aryl methyl sites for hydroxylation is 1. The lowest BCUT2D eigenvalue weighted by Gasteiger charge is -2.19. The highest BCUT2D eigenvalue weighted by Crippen LogP contribution is 2.25. The van der Waals surface area contributed by atoms with E-state index >= 15 is 0 Å². The number of imidazole rings is 1. The molecule has 0 saturated carbocycles. The van der Waals surface area contributed by atoms with Gasteiger partial charge < -0.3 is 5.32 Å². The topological polar surface area (TPSA) is 55.6 Å². The standard InChI is InChI=1S/C22H23N5/c1-15-24-18-7-5-6-8-19(18)27(15)21-14-23-13-20(26-21)25-17-11-9-16(10-12-17)22(2,3)4/h5-14H,1-4H3,(H,25,26). The van der Waals surface area contributed by atoms with E-state index in [2.05, 4.69) is 60.3 Å². The molecule has 0 aliphatic heterocycles. The molecule has 0 aliphatic carbocycles. The fourth-order valence-electron chi connectivity index (χ4n) is 3.16. The monoisotopic (exact) mass is 357 g/mol. The number of hydrogen-bond acceptors (Lipinski definition) is 4. The van der Waals surface area contributed by atoms with E-state index in [9.17, 15) is 0 Å². The van der Waals surface area contributed by atoms with Crippen molar-refractivity contribution in [3.8, 4) is 5.82 Å². The Morgan fingerprint density at radius 1 is 0.889 bits per heavy atom. The van der Waals surface area contributed by atoms with Crippen LogP contribution in [0.5, 0.6) is 0 Å². The van der Waals surface area contributed by atoms with Crippen molar-refractivity contribution in [2.45, 2.75) is 33.1 Å². The highest BCUT2D eigenvalue weighted by Gasteiger charge is 2.13. The van der Waals surface area contributed by atoms with Gasteiger partial charge in [-0.2, -0.15) is 0 Å². The maximum Gasteiger partial charge on any atom is 0.159 e. The minimum Gasteiger partial charge on any atom is -0.339 e.